The van der Waals surface area contributed by atoms with Crippen LogP contribution in [0.4, 0.5) is 5.95 Å². The molecule has 1 N–H and O–H groups in total. The van der Waals surface area contributed by atoms with E-state index in [1.54, 1.807) is 36.5 Å². The van der Waals surface area contributed by atoms with Gasteiger partial charge in [0, 0.05) is 24.0 Å². The quantitative estimate of drug-likeness (QED) is 0.404. The number of aromatic nitrogens is 4. The molecule has 7 nitrogen and oxygen atoms in total. The summed E-state index contributed by atoms with van der Waals surface area (Å²) in [6.07, 6.45) is 4.62. The Morgan fingerprint density at radius 1 is 1.03 bits per heavy atom. The Hall–Kier alpha value is -3.97. The summed E-state index contributed by atoms with van der Waals surface area (Å²) >= 11 is 6.15. The molecule has 5 rings (SSSR count). The fraction of sp³-hybridized carbons (Fsp3) is 0.120. The second-order valence-corrected chi connectivity index (χ2v) is 8.11. The molecule has 1 amide bonds. The zero-order valence-corrected chi connectivity index (χ0v) is 18.4. The van der Waals surface area contributed by atoms with Gasteiger partial charge in [-0.05, 0) is 48.7 Å². The van der Waals surface area contributed by atoms with Crippen LogP contribution >= 0.6 is 11.6 Å². The largest absolute Gasteiger partial charge is 0.310 e. The van der Waals surface area contributed by atoms with Crippen LogP contribution in [-0.2, 0) is 13.0 Å². The van der Waals surface area contributed by atoms with E-state index >= 15 is 0 Å². The molecule has 0 saturated heterocycles. The average molecular weight is 458 g/mol. The molecule has 0 aliphatic carbocycles. The molecule has 3 aromatic heterocycles. The van der Waals surface area contributed by atoms with E-state index in [1.807, 2.05) is 28.8 Å². The maximum Gasteiger partial charge on any atom is 0.270 e. The van der Waals surface area contributed by atoms with Gasteiger partial charge in [-0.2, -0.15) is 0 Å². The average Bonchev–Trinajstić information content (AvgIpc) is 3.16. The zero-order chi connectivity index (χ0) is 22.8. The summed E-state index contributed by atoms with van der Waals surface area (Å²) in [5.41, 5.74) is 2.75. The monoisotopic (exact) mass is 457 g/mol. The van der Waals surface area contributed by atoms with E-state index in [9.17, 15) is 9.59 Å². The SMILES string of the molecule is O=C(Nc1nc2cc(Cl)ccc2n1CCCc1ccccc1)c1cnc2ccccn2c1=O. The van der Waals surface area contributed by atoms with Gasteiger partial charge in [-0.25, -0.2) is 9.97 Å². The van der Waals surface area contributed by atoms with Crippen LogP contribution in [0.5, 0.6) is 0 Å². The summed E-state index contributed by atoms with van der Waals surface area (Å²) in [5.74, 6) is -0.195. The molecule has 0 radical (unpaired) electrons. The Kier molecular flexibility index (Phi) is 5.62. The molecule has 0 atom stereocenters. The van der Waals surface area contributed by atoms with Crippen molar-refractivity contribution in [3.8, 4) is 0 Å². The number of amides is 1. The zero-order valence-electron chi connectivity index (χ0n) is 17.6. The summed E-state index contributed by atoms with van der Waals surface area (Å²) in [5, 5.41) is 3.37. The van der Waals surface area contributed by atoms with Crippen molar-refractivity contribution in [1.29, 1.82) is 0 Å². The number of anilines is 1. The maximum atomic E-state index is 13.0. The van der Waals surface area contributed by atoms with Crippen LogP contribution in [-0.4, -0.2) is 24.8 Å². The minimum atomic E-state index is -0.559. The molecule has 0 unspecified atom stereocenters. The van der Waals surface area contributed by atoms with Crippen LogP contribution in [0.15, 0.2) is 83.9 Å². The second kappa shape index (κ2) is 8.88. The maximum absolute atomic E-state index is 13.0. The third-order valence-electron chi connectivity index (χ3n) is 5.48. The predicted octanol–water partition coefficient (Wildman–Crippen LogP) is 4.58. The van der Waals surface area contributed by atoms with Crippen molar-refractivity contribution in [3.63, 3.8) is 0 Å². The molecule has 0 aliphatic heterocycles. The first-order valence-electron chi connectivity index (χ1n) is 10.6. The van der Waals surface area contributed by atoms with Crippen molar-refractivity contribution < 1.29 is 4.79 Å². The van der Waals surface area contributed by atoms with Crippen LogP contribution in [0.3, 0.4) is 0 Å². The van der Waals surface area contributed by atoms with Gasteiger partial charge in [-0.3, -0.25) is 19.3 Å². The van der Waals surface area contributed by atoms with Crippen molar-refractivity contribution in [2.45, 2.75) is 19.4 Å². The van der Waals surface area contributed by atoms with Crippen LogP contribution in [0.2, 0.25) is 5.02 Å². The standard InChI is InChI=1S/C25H20ClN5O2/c26-18-11-12-21-20(15-18)28-25(30(21)14-6-9-17-7-2-1-3-8-17)29-23(32)19-16-27-22-10-4-5-13-31(22)24(19)33/h1-5,7-8,10-13,15-16H,6,9,14H2,(H,28,29,32). The van der Waals surface area contributed by atoms with Gasteiger partial charge < -0.3 is 4.57 Å². The van der Waals surface area contributed by atoms with E-state index in [1.165, 1.54) is 16.2 Å². The number of nitrogens with one attached hydrogen (secondary N) is 1. The molecular weight excluding hydrogens is 438 g/mol. The molecule has 2 aromatic carbocycles. The molecule has 8 heteroatoms. The summed E-state index contributed by atoms with van der Waals surface area (Å²) in [7, 11) is 0. The summed E-state index contributed by atoms with van der Waals surface area (Å²) in [6.45, 7) is 0.637. The first-order valence-corrected chi connectivity index (χ1v) is 11.0. The Morgan fingerprint density at radius 3 is 2.70 bits per heavy atom. The number of rotatable bonds is 6. The van der Waals surface area contributed by atoms with E-state index in [0.29, 0.717) is 28.7 Å². The number of carbonyl (C=O) groups excluding carboxylic acids is 1. The molecule has 5 aromatic rings. The van der Waals surface area contributed by atoms with E-state index in [4.69, 9.17) is 11.6 Å². The molecule has 3 heterocycles. The second-order valence-electron chi connectivity index (χ2n) is 7.67. The van der Waals surface area contributed by atoms with Gasteiger partial charge in [-0.15, -0.1) is 0 Å². The number of carbonyl (C=O) groups is 1. The van der Waals surface area contributed by atoms with Crippen LogP contribution < -0.4 is 10.9 Å². The van der Waals surface area contributed by atoms with Crippen LogP contribution in [0.25, 0.3) is 16.7 Å². The Labute approximate surface area is 194 Å². The first kappa shape index (κ1) is 20.9. The number of hydrogen-bond donors (Lipinski definition) is 1. The molecule has 0 aliphatic rings. The van der Waals surface area contributed by atoms with Gasteiger partial charge in [0.1, 0.15) is 11.2 Å². The van der Waals surface area contributed by atoms with Crippen molar-refractivity contribution >= 4 is 40.1 Å². The summed E-state index contributed by atoms with van der Waals surface area (Å²) in [6, 6.07) is 20.9. The van der Waals surface area contributed by atoms with E-state index in [0.717, 1.165) is 18.4 Å². The Bertz CT molecular complexity index is 1520. The Morgan fingerprint density at radius 2 is 1.85 bits per heavy atom. The van der Waals surface area contributed by atoms with Gasteiger partial charge in [0.05, 0.1) is 11.0 Å². The van der Waals surface area contributed by atoms with E-state index in [-0.39, 0.29) is 5.56 Å². The number of fused-ring (bicyclic) bond motifs is 2. The van der Waals surface area contributed by atoms with E-state index in [2.05, 4.69) is 27.4 Å². The molecule has 33 heavy (non-hydrogen) atoms. The molecule has 0 spiro atoms. The molecule has 0 fully saturated rings. The number of aryl methyl sites for hydroxylation is 2. The molecular formula is C25H20ClN5O2. The van der Waals surface area contributed by atoms with Gasteiger partial charge in [-0.1, -0.05) is 48.0 Å². The minimum Gasteiger partial charge on any atom is -0.310 e. The lowest BCUT2D eigenvalue weighted by atomic mass is 10.1. The predicted molar refractivity (Wildman–Crippen MR) is 129 cm³/mol. The van der Waals surface area contributed by atoms with Crippen molar-refractivity contribution in [2.75, 3.05) is 5.32 Å². The lowest BCUT2D eigenvalue weighted by Gasteiger charge is -2.10. The van der Waals surface area contributed by atoms with Crippen molar-refractivity contribution in [2.24, 2.45) is 0 Å². The number of halogens is 1. The third-order valence-corrected chi connectivity index (χ3v) is 5.72. The lowest BCUT2D eigenvalue weighted by Crippen LogP contribution is -2.27. The topological polar surface area (TPSA) is 81.3 Å². The molecule has 164 valence electrons. The van der Waals surface area contributed by atoms with Gasteiger partial charge >= 0.3 is 0 Å². The van der Waals surface area contributed by atoms with Gasteiger partial charge in [0.2, 0.25) is 5.95 Å². The summed E-state index contributed by atoms with van der Waals surface area (Å²) in [4.78, 5) is 34.6. The summed E-state index contributed by atoms with van der Waals surface area (Å²) < 4.78 is 3.29. The number of imidazole rings is 1. The number of benzene rings is 2. The number of hydrogen-bond acceptors (Lipinski definition) is 4. The number of pyridine rings is 1. The highest BCUT2D eigenvalue weighted by Crippen LogP contribution is 2.24. The number of nitrogens with zero attached hydrogens (tertiary/aromatic N) is 4. The molecule has 0 bridgehead atoms. The van der Waals surface area contributed by atoms with E-state index < -0.39 is 11.5 Å². The normalized spacial score (nSPS) is 11.2. The van der Waals surface area contributed by atoms with Gasteiger partial charge in [0.25, 0.3) is 11.5 Å². The highest BCUT2D eigenvalue weighted by molar-refractivity contribution is 6.31. The Balaban J connectivity index is 1.45. The molecule has 0 saturated carbocycles. The van der Waals surface area contributed by atoms with Gasteiger partial charge in [0.15, 0.2) is 0 Å². The van der Waals surface area contributed by atoms with Crippen molar-refractivity contribution in [1.82, 2.24) is 18.9 Å². The fourth-order valence-corrected chi connectivity index (χ4v) is 4.03. The highest BCUT2D eigenvalue weighted by atomic mass is 35.5. The minimum absolute atomic E-state index is 0.0559. The smallest absolute Gasteiger partial charge is 0.270 e. The van der Waals surface area contributed by atoms with Crippen LogP contribution in [0, 0.1) is 0 Å². The fourth-order valence-electron chi connectivity index (χ4n) is 3.86. The highest BCUT2D eigenvalue weighted by Gasteiger charge is 2.18. The lowest BCUT2D eigenvalue weighted by molar-refractivity contribution is 0.102. The van der Waals surface area contributed by atoms with Crippen LogP contribution in [0.1, 0.15) is 22.3 Å². The third kappa shape index (κ3) is 4.23. The van der Waals surface area contributed by atoms with Crippen molar-refractivity contribution in [3.05, 3.63) is 106 Å². The first-order chi connectivity index (χ1) is 16.1.